The number of anilines is 1. The number of alkyl halides is 3. The number of carboxylic acid groups (broad SMARTS) is 2. The van der Waals surface area contributed by atoms with Crippen molar-refractivity contribution in [2.45, 2.75) is 38.4 Å². The Labute approximate surface area is 275 Å². The van der Waals surface area contributed by atoms with Gasteiger partial charge in [-0.25, -0.2) is 14.4 Å². The first-order valence-electron chi connectivity index (χ1n) is 15.0. The van der Waals surface area contributed by atoms with Gasteiger partial charge in [0.05, 0.1) is 23.4 Å². The molecule has 256 valence electrons. The zero-order chi connectivity index (χ0) is 35.1. The number of carbonyl (C=O) groups is 3. The third-order valence-corrected chi connectivity index (χ3v) is 6.97. The van der Waals surface area contributed by atoms with Gasteiger partial charge in [0.2, 0.25) is 0 Å². The van der Waals surface area contributed by atoms with E-state index >= 15 is 0 Å². The third kappa shape index (κ3) is 12.1. The van der Waals surface area contributed by atoms with E-state index in [-0.39, 0.29) is 30.1 Å². The van der Waals surface area contributed by atoms with Crippen LogP contribution in [0.4, 0.5) is 18.9 Å². The standard InChI is InChI=1S/C32H34F3N3O4.C2H2O4/c1-23(37-13-17-40-28-10-5-6-11-29(28)42-22-32(33,34)35)18-24-19-26-12-15-38(30(26)27(20-24)21-36)14-7-16-41-31(39)25-8-3-2-4-9-25;3-1(4)2(5)6/h2-6,8-11,19-20,23,37H,7,12-18,22H2,1H3;(H,3,4)(H,5,6)/t23-;/m1./s1. The van der Waals surface area contributed by atoms with Gasteiger partial charge in [0, 0.05) is 25.7 Å². The van der Waals surface area contributed by atoms with E-state index in [0.717, 1.165) is 29.8 Å². The molecule has 48 heavy (non-hydrogen) atoms. The van der Waals surface area contributed by atoms with Crippen molar-refractivity contribution in [3.05, 3.63) is 89.0 Å². The van der Waals surface area contributed by atoms with Crippen LogP contribution < -0.4 is 19.7 Å². The fourth-order valence-electron chi connectivity index (χ4n) is 4.94. The molecule has 0 unspecified atom stereocenters. The SMILES string of the molecule is C[C@H](Cc1cc(C#N)c2c(c1)CCN2CCCOC(=O)c1ccccc1)NCCOc1ccccc1OCC(F)(F)F.O=C(O)C(=O)O. The fraction of sp³-hybridized carbons (Fsp3) is 0.353. The highest BCUT2D eigenvalue weighted by Gasteiger charge is 2.29. The molecule has 1 aliphatic heterocycles. The van der Waals surface area contributed by atoms with Crippen LogP contribution in [0.2, 0.25) is 0 Å². The van der Waals surface area contributed by atoms with Crippen LogP contribution in [-0.2, 0) is 27.2 Å². The minimum absolute atomic E-state index is 0.0484. The van der Waals surface area contributed by atoms with Crippen LogP contribution in [0.15, 0.2) is 66.7 Å². The molecule has 1 aliphatic rings. The molecule has 1 atom stereocenters. The lowest BCUT2D eigenvalue weighted by molar-refractivity contribution is -0.159. The second-order valence-electron chi connectivity index (χ2n) is 10.7. The highest BCUT2D eigenvalue weighted by molar-refractivity contribution is 6.27. The number of ether oxygens (including phenoxy) is 3. The van der Waals surface area contributed by atoms with Crippen LogP contribution in [0.1, 0.15) is 40.4 Å². The van der Waals surface area contributed by atoms with Gasteiger partial charge in [-0.1, -0.05) is 36.4 Å². The molecule has 3 aromatic rings. The molecular formula is C34H36F3N3O8. The van der Waals surface area contributed by atoms with Crippen molar-refractivity contribution in [2.75, 3.05) is 44.4 Å². The van der Waals surface area contributed by atoms with Crippen LogP contribution >= 0.6 is 0 Å². The van der Waals surface area contributed by atoms with Crippen molar-refractivity contribution < 1.29 is 52.0 Å². The van der Waals surface area contributed by atoms with E-state index in [1.165, 1.54) is 6.07 Å². The van der Waals surface area contributed by atoms with E-state index in [0.29, 0.717) is 43.7 Å². The van der Waals surface area contributed by atoms with Gasteiger partial charge in [-0.05, 0) is 67.6 Å². The van der Waals surface area contributed by atoms with Crippen molar-refractivity contribution in [1.29, 1.82) is 5.26 Å². The molecule has 3 aromatic carbocycles. The summed E-state index contributed by atoms with van der Waals surface area (Å²) in [5, 5.41) is 28.0. The Morgan fingerprint density at radius 3 is 2.25 bits per heavy atom. The average molecular weight is 672 g/mol. The van der Waals surface area contributed by atoms with Gasteiger partial charge in [0.15, 0.2) is 18.1 Å². The third-order valence-electron chi connectivity index (χ3n) is 6.97. The summed E-state index contributed by atoms with van der Waals surface area (Å²) in [4.78, 5) is 32.5. The molecule has 0 fully saturated rings. The topological polar surface area (TPSA) is 158 Å². The molecule has 1 heterocycles. The number of rotatable bonds is 14. The zero-order valence-electron chi connectivity index (χ0n) is 26.2. The molecule has 0 radical (unpaired) electrons. The second kappa shape index (κ2) is 18.2. The summed E-state index contributed by atoms with van der Waals surface area (Å²) in [5.74, 6) is -3.68. The highest BCUT2D eigenvalue weighted by atomic mass is 19.4. The minimum atomic E-state index is -4.43. The van der Waals surface area contributed by atoms with Crippen molar-refractivity contribution >= 4 is 23.6 Å². The Balaban J connectivity index is 0.000000952. The van der Waals surface area contributed by atoms with Gasteiger partial charge in [0.25, 0.3) is 0 Å². The quantitative estimate of drug-likeness (QED) is 0.122. The maximum atomic E-state index is 12.5. The van der Waals surface area contributed by atoms with Crippen molar-refractivity contribution in [2.24, 2.45) is 0 Å². The van der Waals surface area contributed by atoms with Gasteiger partial charge in [-0.15, -0.1) is 0 Å². The number of carbonyl (C=O) groups excluding carboxylic acids is 1. The van der Waals surface area contributed by atoms with E-state index in [1.54, 1.807) is 42.5 Å². The number of aliphatic carboxylic acids is 2. The molecule has 0 aliphatic carbocycles. The van der Waals surface area contributed by atoms with E-state index in [4.69, 9.17) is 34.0 Å². The molecule has 0 aromatic heterocycles. The Morgan fingerprint density at radius 2 is 1.62 bits per heavy atom. The summed E-state index contributed by atoms with van der Waals surface area (Å²) >= 11 is 0. The average Bonchev–Trinajstić information content (AvgIpc) is 3.47. The molecule has 0 amide bonds. The number of nitrogens with zero attached hydrogens (tertiary/aromatic N) is 2. The lowest BCUT2D eigenvalue weighted by atomic mass is 9.99. The first-order chi connectivity index (χ1) is 22.9. The van der Waals surface area contributed by atoms with Gasteiger partial charge in [0.1, 0.15) is 12.7 Å². The Bertz CT molecular complexity index is 1570. The maximum Gasteiger partial charge on any atom is 0.422 e. The fourth-order valence-corrected chi connectivity index (χ4v) is 4.94. The smallest absolute Gasteiger partial charge is 0.422 e. The predicted molar refractivity (Wildman–Crippen MR) is 168 cm³/mol. The zero-order valence-corrected chi connectivity index (χ0v) is 26.2. The van der Waals surface area contributed by atoms with Crippen LogP contribution in [0.25, 0.3) is 0 Å². The van der Waals surface area contributed by atoms with Crippen LogP contribution in [0.3, 0.4) is 0 Å². The molecule has 3 N–H and O–H groups in total. The molecule has 0 bridgehead atoms. The molecular weight excluding hydrogens is 635 g/mol. The van der Waals surface area contributed by atoms with Crippen molar-refractivity contribution in [3.63, 3.8) is 0 Å². The molecule has 4 rings (SSSR count). The molecule has 14 heteroatoms. The highest BCUT2D eigenvalue weighted by Crippen LogP contribution is 2.33. The number of esters is 1. The number of nitrogens with one attached hydrogen (secondary N) is 1. The normalized spacial score (nSPS) is 12.5. The summed E-state index contributed by atoms with van der Waals surface area (Å²) in [7, 11) is 0. The lowest BCUT2D eigenvalue weighted by Crippen LogP contribution is -2.32. The lowest BCUT2D eigenvalue weighted by Gasteiger charge is -2.21. The second-order valence-corrected chi connectivity index (χ2v) is 10.7. The van der Waals surface area contributed by atoms with Crippen LogP contribution in [0.5, 0.6) is 11.5 Å². The maximum absolute atomic E-state index is 12.5. The van der Waals surface area contributed by atoms with Crippen LogP contribution in [0, 0.1) is 11.3 Å². The van der Waals surface area contributed by atoms with Crippen LogP contribution in [-0.4, -0.2) is 79.8 Å². The number of carboxylic acids is 2. The van der Waals surface area contributed by atoms with Gasteiger partial charge in [-0.2, -0.15) is 18.4 Å². The predicted octanol–water partition coefficient (Wildman–Crippen LogP) is 4.86. The van der Waals surface area contributed by atoms with E-state index in [9.17, 15) is 23.2 Å². The Morgan fingerprint density at radius 1 is 0.979 bits per heavy atom. The largest absolute Gasteiger partial charge is 0.488 e. The molecule has 0 spiro atoms. The van der Waals surface area contributed by atoms with Crippen molar-refractivity contribution in [3.8, 4) is 17.6 Å². The molecule has 11 nitrogen and oxygen atoms in total. The van der Waals surface area contributed by atoms with Gasteiger partial charge in [-0.3, -0.25) is 0 Å². The summed E-state index contributed by atoms with van der Waals surface area (Å²) in [6, 6.07) is 21.7. The van der Waals surface area contributed by atoms with E-state index in [2.05, 4.69) is 22.4 Å². The molecule has 0 saturated heterocycles. The number of hydrogen-bond acceptors (Lipinski definition) is 9. The number of hydrogen-bond donors (Lipinski definition) is 3. The van der Waals surface area contributed by atoms with E-state index < -0.39 is 24.7 Å². The van der Waals surface area contributed by atoms with Gasteiger partial charge < -0.3 is 34.6 Å². The first kappa shape index (κ1) is 37.2. The number of para-hydroxylation sites is 2. The summed E-state index contributed by atoms with van der Waals surface area (Å²) in [6.45, 7) is 3.18. The molecule has 0 saturated carbocycles. The Kier molecular flexibility index (Phi) is 14.1. The number of benzene rings is 3. The number of fused-ring (bicyclic) bond motifs is 1. The monoisotopic (exact) mass is 671 g/mol. The Hall–Kier alpha value is -5.29. The number of halogens is 3. The number of nitriles is 1. The van der Waals surface area contributed by atoms with E-state index in [1.807, 2.05) is 19.1 Å². The first-order valence-corrected chi connectivity index (χ1v) is 15.0. The summed E-state index contributed by atoms with van der Waals surface area (Å²) in [5.41, 5.74) is 4.30. The van der Waals surface area contributed by atoms with Gasteiger partial charge >= 0.3 is 24.1 Å². The summed E-state index contributed by atoms with van der Waals surface area (Å²) in [6.07, 6.45) is -2.23. The summed E-state index contributed by atoms with van der Waals surface area (Å²) < 4.78 is 53.5. The van der Waals surface area contributed by atoms with Crippen molar-refractivity contribution in [1.82, 2.24) is 5.32 Å². The minimum Gasteiger partial charge on any atom is -0.488 e.